The fourth-order valence-electron chi connectivity index (χ4n) is 4.00. The molecule has 0 radical (unpaired) electrons. The lowest BCUT2D eigenvalue weighted by atomic mass is 9.78. The molecule has 4 aromatic rings. The van der Waals surface area contributed by atoms with E-state index in [0.717, 1.165) is 32.4 Å². The highest BCUT2D eigenvalue weighted by molar-refractivity contribution is 7.99. The Kier molecular flexibility index (Phi) is 10.8. The fourth-order valence-corrected chi connectivity index (χ4v) is 5.66. The van der Waals surface area contributed by atoms with Gasteiger partial charge in [-0.3, -0.25) is 0 Å². The molecule has 0 aliphatic heterocycles. The zero-order valence-corrected chi connectivity index (χ0v) is 24.0. The van der Waals surface area contributed by atoms with Crippen LogP contribution in [-0.4, -0.2) is 47.1 Å². The van der Waals surface area contributed by atoms with Gasteiger partial charge in [0.25, 0.3) is 0 Å². The molecule has 204 valence electrons. The fraction of sp³-hybridized carbons (Fsp3) is 0.273. The molecule has 0 fully saturated rings. The Hall–Kier alpha value is -2.90. The van der Waals surface area contributed by atoms with Crippen LogP contribution in [0.1, 0.15) is 25.0 Å². The van der Waals surface area contributed by atoms with Crippen LogP contribution in [0.3, 0.4) is 0 Å². The lowest BCUT2D eigenvalue weighted by Crippen LogP contribution is -2.21. The van der Waals surface area contributed by atoms with Crippen LogP contribution in [0.15, 0.2) is 119 Å². The van der Waals surface area contributed by atoms with Gasteiger partial charge in [0.05, 0.1) is 12.2 Å². The predicted molar refractivity (Wildman–Crippen MR) is 162 cm³/mol. The second kappa shape index (κ2) is 14.5. The minimum Gasteiger partial charge on any atom is -0.491 e. The Labute approximate surface area is 240 Å². The van der Waals surface area contributed by atoms with Crippen molar-refractivity contribution in [2.45, 2.75) is 41.3 Å². The third-order valence-corrected chi connectivity index (χ3v) is 8.72. The molecule has 0 saturated heterocycles. The van der Waals surface area contributed by atoms with Crippen LogP contribution in [-0.2, 0) is 5.41 Å². The summed E-state index contributed by atoms with van der Waals surface area (Å²) in [5.41, 5.74) is 2.11. The molecule has 0 aromatic heterocycles. The molecular weight excluding hydrogens is 524 g/mol. The Morgan fingerprint density at radius 2 is 0.923 bits per heavy atom. The van der Waals surface area contributed by atoms with Gasteiger partial charge in [-0.2, -0.15) is 0 Å². The van der Waals surface area contributed by atoms with Crippen LogP contribution >= 0.6 is 23.5 Å². The van der Waals surface area contributed by atoms with Crippen molar-refractivity contribution in [1.82, 2.24) is 0 Å². The average Bonchev–Trinajstić information content (AvgIpc) is 2.98. The second-order valence-electron chi connectivity index (χ2n) is 9.85. The van der Waals surface area contributed by atoms with E-state index >= 15 is 0 Å². The minimum atomic E-state index is -0.546. The van der Waals surface area contributed by atoms with Crippen LogP contribution < -0.4 is 9.47 Å². The topological polar surface area (TPSA) is 58.9 Å². The van der Waals surface area contributed by atoms with Crippen LogP contribution in [0.4, 0.5) is 0 Å². The Morgan fingerprint density at radius 3 is 1.28 bits per heavy atom. The van der Waals surface area contributed by atoms with Gasteiger partial charge in [0, 0.05) is 26.7 Å². The Balaban J connectivity index is 1.23. The molecular formula is C33H36O4S2. The number of rotatable bonds is 14. The van der Waals surface area contributed by atoms with E-state index in [9.17, 15) is 10.2 Å². The highest BCUT2D eigenvalue weighted by atomic mass is 32.2. The van der Waals surface area contributed by atoms with Gasteiger partial charge in [-0.15, -0.1) is 23.5 Å². The molecule has 2 atom stereocenters. The van der Waals surface area contributed by atoms with Gasteiger partial charge in [0.1, 0.15) is 24.7 Å². The number of benzene rings is 4. The first-order valence-corrected chi connectivity index (χ1v) is 15.1. The SMILES string of the molecule is CC(C)(c1ccc(OCC(O)CSc2ccccc2)cc1)c1ccc(OCC(O)CSc2ccccc2)cc1. The molecule has 39 heavy (non-hydrogen) atoms. The maximum atomic E-state index is 10.3. The summed E-state index contributed by atoms with van der Waals surface area (Å²) in [4.78, 5) is 2.27. The van der Waals surface area contributed by atoms with Crippen molar-refractivity contribution in [2.75, 3.05) is 24.7 Å². The molecule has 4 rings (SSSR count). The summed E-state index contributed by atoms with van der Waals surface area (Å²) in [5, 5.41) is 20.6. The van der Waals surface area contributed by atoms with Crippen LogP contribution in [0.5, 0.6) is 11.5 Å². The van der Waals surface area contributed by atoms with Crippen molar-refractivity contribution in [3.8, 4) is 11.5 Å². The van der Waals surface area contributed by atoms with Crippen molar-refractivity contribution in [3.05, 3.63) is 120 Å². The van der Waals surface area contributed by atoms with Gasteiger partial charge in [-0.1, -0.05) is 74.5 Å². The Bertz CT molecular complexity index is 1150. The molecule has 2 N–H and O–H groups in total. The largest absolute Gasteiger partial charge is 0.491 e. The molecule has 6 heteroatoms. The lowest BCUT2D eigenvalue weighted by molar-refractivity contribution is 0.126. The summed E-state index contributed by atoms with van der Waals surface area (Å²) >= 11 is 3.24. The van der Waals surface area contributed by atoms with Crippen LogP contribution in [0, 0.1) is 0 Å². The first-order valence-electron chi connectivity index (χ1n) is 13.1. The Morgan fingerprint density at radius 1 is 0.564 bits per heavy atom. The average molecular weight is 561 g/mol. The van der Waals surface area contributed by atoms with Crippen molar-refractivity contribution < 1.29 is 19.7 Å². The number of ether oxygens (including phenoxy) is 2. The lowest BCUT2D eigenvalue weighted by Gasteiger charge is -2.26. The summed E-state index contributed by atoms with van der Waals surface area (Å²) in [6.07, 6.45) is -1.09. The number of hydrogen-bond donors (Lipinski definition) is 2. The predicted octanol–water partition coefficient (Wildman–Crippen LogP) is 7.08. The third-order valence-electron chi connectivity index (χ3n) is 6.41. The van der Waals surface area contributed by atoms with E-state index in [-0.39, 0.29) is 18.6 Å². The van der Waals surface area contributed by atoms with Gasteiger partial charge in [0.15, 0.2) is 0 Å². The van der Waals surface area contributed by atoms with E-state index in [4.69, 9.17) is 9.47 Å². The highest BCUT2D eigenvalue weighted by Crippen LogP contribution is 2.33. The monoisotopic (exact) mass is 560 g/mol. The van der Waals surface area contributed by atoms with Crippen molar-refractivity contribution in [1.29, 1.82) is 0 Å². The maximum absolute atomic E-state index is 10.3. The van der Waals surface area contributed by atoms with Gasteiger partial charge in [-0.25, -0.2) is 0 Å². The molecule has 0 aliphatic rings. The quantitative estimate of drug-likeness (QED) is 0.161. The number of hydrogen-bond acceptors (Lipinski definition) is 6. The molecule has 2 unspecified atom stereocenters. The van der Waals surface area contributed by atoms with E-state index in [1.54, 1.807) is 23.5 Å². The molecule has 0 aliphatic carbocycles. The molecule has 0 heterocycles. The zero-order valence-electron chi connectivity index (χ0n) is 22.4. The second-order valence-corrected chi connectivity index (χ2v) is 12.0. The summed E-state index contributed by atoms with van der Waals surface area (Å²) in [5.74, 6) is 2.65. The summed E-state index contributed by atoms with van der Waals surface area (Å²) in [7, 11) is 0. The normalized spacial score (nSPS) is 13.0. The van der Waals surface area contributed by atoms with Gasteiger partial charge >= 0.3 is 0 Å². The van der Waals surface area contributed by atoms with E-state index in [1.165, 1.54) is 0 Å². The highest BCUT2D eigenvalue weighted by Gasteiger charge is 2.23. The summed E-state index contributed by atoms with van der Waals surface area (Å²) in [6.45, 7) is 4.88. The molecule has 0 saturated carbocycles. The van der Waals surface area contributed by atoms with Crippen LogP contribution in [0.25, 0.3) is 0 Å². The van der Waals surface area contributed by atoms with Crippen LogP contribution in [0.2, 0.25) is 0 Å². The smallest absolute Gasteiger partial charge is 0.119 e. The first-order chi connectivity index (χ1) is 18.9. The van der Waals surface area contributed by atoms with Gasteiger partial charge < -0.3 is 19.7 Å². The van der Waals surface area contributed by atoms with Crippen molar-refractivity contribution >= 4 is 23.5 Å². The van der Waals surface area contributed by atoms with Gasteiger partial charge in [0.2, 0.25) is 0 Å². The van der Waals surface area contributed by atoms with E-state index in [2.05, 4.69) is 38.1 Å². The summed E-state index contributed by atoms with van der Waals surface area (Å²) in [6, 6.07) is 36.2. The van der Waals surface area contributed by atoms with E-state index in [0.29, 0.717) is 11.5 Å². The maximum Gasteiger partial charge on any atom is 0.119 e. The number of aliphatic hydroxyl groups is 2. The number of thioether (sulfide) groups is 2. The first kappa shape index (κ1) is 29.1. The third kappa shape index (κ3) is 9.07. The molecule has 0 bridgehead atoms. The molecule has 4 nitrogen and oxygen atoms in total. The van der Waals surface area contributed by atoms with Crippen molar-refractivity contribution in [2.24, 2.45) is 0 Å². The zero-order chi connectivity index (χ0) is 27.5. The van der Waals surface area contributed by atoms with E-state index < -0.39 is 12.2 Å². The number of aliphatic hydroxyl groups excluding tert-OH is 2. The minimum absolute atomic E-state index is 0.214. The molecule has 0 amide bonds. The van der Waals surface area contributed by atoms with E-state index in [1.807, 2.05) is 84.9 Å². The van der Waals surface area contributed by atoms with Crippen molar-refractivity contribution in [3.63, 3.8) is 0 Å². The summed E-state index contributed by atoms with van der Waals surface area (Å²) < 4.78 is 11.7. The standard InChI is InChI=1S/C33H36O4S2/c1-33(2,25-13-17-29(18-14-25)36-21-27(34)23-38-31-9-5-3-6-10-31)26-15-19-30(20-16-26)37-22-28(35)24-39-32-11-7-4-8-12-32/h3-20,27-28,34-35H,21-24H2,1-2H3. The van der Waals surface area contributed by atoms with Gasteiger partial charge in [-0.05, 0) is 59.7 Å². The molecule has 0 spiro atoms. The molecule has 4 aromatic carbocycles.